The number of thioether (sulfide) groups is 1. The lowest BCUT2D eigenvalue weighted by Crippen LogP contribution is -2.24. The maximum absolute atomic E-state index is 12.3. The zero-order valence-electron chi connectivity index (χ0n) is 14.2. The molecule has 2 aromatic carbocycles. The van der Waals surface area contributed by atoms with E-state index in [2.05, 4.69) is 40.9 Å². The first kappa shape index (κ1) is 16.0. The highest BCUT2D eigenvalue weighted by Crippen LogP contribution is 2.38. The molecule has 3 aromatic rings. The number of para-hydroxylation sites is 1. The van der Waals surface area contributed by atoms with Gasteiger partial charge in [0.1, 0.15) is 5.82 Å². The lowest BCUT2D eigenvalue weighted by atomic mass is 9.87. The van der Waals surface area contributed by atoms with Crippen molar-refractivity contribution in [3.63, 3.8) is 0 Å². The van der Waals surface area contributed by atoms with Gasteiger partial charge in [-0.1, -0.05) is 30.3 Å². The van der Waals surface area contributed by atoms with Gasteiger partial charge in [0.05, 0.1) is 11.9 Å². The minimum Gasteiger partial charge on any atom is -0.310 e. The van der Waals surface area contributed by atoms with E-state index in [-0.39, 0.29) is 11.8 Å². The van der Waals surface area contributed by atoms with Crippen LogP contribution in [-0.4, -0.2) is 21.9 Å². The first-order valence-corrected chi connectivity index (χ1v) is 9.47. The number of hydrogen-bond donors (Lipinski definition) is 1. The number of benzene rings is 2. The Labute approximate surface area is 151 Å². The van der Waals surface area contributed by atoms with Crippen LogP contribution in [0.5, 0.6) is 0 Å². The second kappa shape index (κ2) is 6.41. The Kier molecular flexibility index (Phi) is 4.09. The summed E-state index contributed by atoms with van der Waals surface area (Å²) in [7, 11) is 0. The fourth-order valence-corrected chi connectivity index (χ4v) is 3.75. The maximum atomic E-state index is 12.3. The summed E-state index contributed by atoms with van der Waals surface area (Å²) in [5.41, 5.74) is 4.33. The van der Waals surface area contributed by atoms with Crippen molar-refractivity contribution in [3.8, 4) is 5.69 Å². The summed E-state index contributed by atoms with van der Waals surface area (Å²) in [6, 6.07) is 16.5. The normalized spacial score (nSPS) is 16.4. The Bertz CT molecular complexity index is 930. The predicted molar refractivity (Wildman–Crippen MR) is 102 cm³/mol. The molecular weight excluding hydrogens is 330 g/mol. The van der Waals surface area contributed by atoms with Crippen LogP contribution in [-0.2, 0) is 4.79 Å². The van der Waals surface area contributed by atoms with Crippen LogP contribution in [0.1, 0.15) is 29.0 Å². The number of carbonyl (C=O) groups is 1. The van der Waals surface area contributed by atoms with Gasteiger partial charge in [-0.15, -0.1) is 11.8 Å². The van der Waals surface area contributed by atoms with E-state index < -0.39 is 0 Å². The van der Waals surface area contributed by atoms with E-state index in [1.807, 2.05) is 42.1 Å². The molecule has 4 rings (SSSR count). The molecule has 5 heteroatoms. The average Bonchev–Trinajstić information content (AvgIpc) is 3.05. The number of hydrogen-bond acceptors (Lipinski definition) is 3. The van der Waals surface area contributed by atoms with E-state index in [0.29, 0.717) is 6.42 Å². The number of aryl methyl sites for hydroxylation is 1. The van der Waals surface area contributed by atoms with Gasteiger partial charge in [0.2, 0.25) is 5.91 Å². The number of fused-ring (bicyclic) bond motifs is 1. The molecule has 0 aliphatic carbocycles. The first-order valence-electron chi connectivity index (χ1n) is 8.25. The highest BCUT2D eigenvalue weighted by atomic mass is 32.2. The SMILES string of the molecule is CSc1ccc(C2CC(=O)Nc3c2cnn3-c2ccccc2C)cc1. The number of amides is 1. The van der Waals surface area contributed by atoms with Crippen LogP contribution in [0.4, 0.5) is 5.82 Å². The van der Waals surface area contributed by atoms with Crippen LogP contribution in [0.2, 0.25) is 0 Å². The highest BCUT2D eigenvalue weighted by molar-refractivity contribution is 7.98. The molecule has 1 aliphatic rings. The fourth-order valence-electron chi connectivity index (χ4n) is 3.34. The molecular formula is C20H19N3OS. The summed E-state index contributed by atoms with van der Waals surface area (Å²) in [5.74, 6) is 0.851. The largest absolute Gasteiger partial charge is 0.310 e. The van der Waals surface area contributed by atoms with Crippen molar-refractivity contribution in [1.29, 1.82) is 0 Å². The summed E-state index contributed by atoms with van der Waals surface area (Å²) >= 11 is 1.72. The zero-order valence-corrected chi connectivity index (χ0v) is 15.0. The van der Waals surface area contributed by atoms with E-state index in [0.717, 1.165) is 28.2 Å². The zero-order chi connectivity index (χ0) is 17.4. The molecule has 0 radical (unpaired) electrons. The van der Waals surface area contributed by atoms with Crippen molar-refractivity contribution in [2.24, 2.45) is 0 Å². The van der Waals surface area contributed by atoms with Gasteiger partial charge in [0, 0.05) is 22.8 Å². The molecule has 1 unspecified atom stereocenters. The van der Waals surface area contributed by atoms with Crippen molar-refractivity contribution in [1.82, 2.24) is 9.78 Å². The molecule has 1 aliphatic heterocycles. The molecule has 1 aromatic heterocycles. The minimum absolute atomic E-state index is 0.0294. The van der Waals surface area contributed by atoms with Crippen molar-refractivity contribution in [2.45, 2.75) is 24.2 Å². The van der Waals surface area contributed by atoms with Crippen molar-refractivity contribution >= 4 is 23.5 Å². The van der Waals surface area contributed by atoms with Crippen molar-refractivity contribution in [3.05, 3.63) is 71.4 Å². The van der Waals surface area contributed by atoms with E-state index in [1.54, 1.807) is 11.8 Å². The third-order valence-electron chi connectivity index (χ3n) is 4.68. The molecule has 1 atom stereocenters. The second-order valence-corrected chi connectivity index (χ2v) is 7.10. The summed E-state index contributed by atoms with van der Waals surface area (Å²) in [4.78, 5) is 13.6. The number of carbonyl (C=O) groups excluding carboxylic acids is 1. The number of anilines is 1. The highest BCUT2D eigenvalue weighted by Gasteiger charge is 2.30. The predicted octanol–water partition coefficient (Wildman–Crippen LogP) is 4.38. The van der Waals surface area contributed by atoms with Crippen LogP contribution >= 0.6 is 11.8 Å². The van der Waals surface area contributed by atoms with Crippen molar-refractivity contribution < 1.29 is 4.79 Å². The molecule has 0 saturated carbocycles. The average molecular weight is 349 g/mol. The number of nitrogens with one attached hydrogen (secondary N) is 1. The second-order valence-electron chi connectivity index (χ2n) is 6.22. The monoisotopic (exact) mass is 349 g/mol. The standard InChI is InChI=1S/C20H19N3OS/c1-13-5-3-4-6-18(13)23-20-17(12-21-23)16(11-19(24)22-20)14-7-9-15(25-2)10-8-14/h3-10,12,16H,11H2,1-2H3,(H,22,24). The van der Waals surface area contributed by atoms with Gasteiger partial charge >= 0.3 is 0 Å². The van der Waals surface area contributed by atoms with Gasteiger partial charge in [-0.3, -0.25) is 4.79 Å². The van der Waals surface area contributed by atoms with Gasteiger partial charge in [-0.05, 0) is 42.5 Å². The molecule has 1 N–H and O–H groups in total. The molecule has 0 spiro atoms. The van der Waals surface area contributed by atoms with E-state index >= 15 is 0 Å². The smallest absolute Gasteiger partial charge is 0.226 e. The van der Waals surface area contributed by atoms with E-state index in [1.165, 1.54) is 4.90 Å². The van der Waals surface area contributed by atoms with Crippen LogP contribution in [0.25, 0.3) is 5.69 Å². The summed E-state index contributed by atoms with van der Waals surface area (Å²) < 4.78 is 1.84. The van der Waals surface area contributed by atoms with Crippen LogP contribution in [0.15, 0.2) is 59.6 Å². The third-order valence-corrected chi connectivity index (χ3v) is 5.43. The Morgan fingerprint density at radius 2 is 1.92 bits per heavy atom. The first-order chi connectivity index (χ1) is 12.2. The fraction of sp³-hybridized carbons (Fsp3) is 0.200. The topological polar surface area (TPSA) is 46.9 Å². The third kappa shape index (κ3) is 2.85. The van der Waals surface area contributed by atoms with E-state index in [4.69, 9.17) is 0 Å². The summed E-state index contributed by atoms with van der Waals surface area (Å²) in [6.07, 6.45) is 4.40. The Balaban J connectivity index is 1.80. The molecule has 0 saturated heterocycles. The van der Waals surface area contributed by atoms with Gasteiger partial charge < -0.3 is 5.32 Å². The Morgan fingerprint density at radius 3 is 2.64 bits per heavy atom. The number of nitrogens with zero attached hydrogens (tertiary/aromatic N) is 2. The molecule has 126 valence electrons. The van der Waals surface area contributed by atoms with Crippen LogP contribution < -0.4 is 5.32 Å². The Morgan fingerprint density at radius 1 is 1.16 bits per heavy atom. The van der Waals surface area contributed by atoms with Gasteiger partial charge in [-0.25, -0.2) is 4.68 Å². The summed E-state index contributed by atoms with van der Waals surface area (Å²) in [6.45, 7) is 2.05. The lowest BCUT2D eigenvalue weighted by molar-refractivity contribution is -0.116. The minimum atomic E-state index is 0.0294. The molecule has 2 heterocycles. The molecule has 1 amide bonds. The van der Waals surface area contributed by atoms with Crippen LogP contribution in [0.3, 0.4) is 0 Å². The molecule has 4 nitrogen and oxygen atoms in total. The Hall–Kier alpha value is -2.53. The van der Waals surface area contributed by atoms with Gasteiger partial charge in [-0.2, -0.15) is 5.10 Å². The maximum Gasteiger partial charge on any atom is 0.226 e. The quantitative estimate of drug-likeness (QED) is 0.714. The van der Waals surface area contributed by atoms with Crippen LogP contribution in [0, 0.1) is 6.92 Å². The summed E-state index contributed by atoms with van der Waals surface area (Å²) in [5, 5.41) is 7.58. The lowest BCUT2D eigenvalue weighted by Gasteiger charge is -2.24. The van der Waals surface area contributed by atoms with E-state index in [9.17, 15) is 4.79 Å². The number of rotatable bonds is 3. The molecule has 0 fully saturated rings. The van der Waals surface area contributed by atoms with Gasteiger partial charge in [0.15, 0.2) is 0 Å². The van der Waals surface area contributed by atoms with Gasteiger partial charge in [0.25, 0.3) is 0 Å². The van der Waals surface area contributed by atoms with Crippen molar-refractivity contribution in [2.75, 3.05) is 11.6 Å². The molecule has 25 heavy (non-hydrogen) atoms. The molecule has 0 bridgehead atoms. The number of aromatic nitrogens is 2.